The number of rotatable bonds is 1. The quantitative estimate of drug-likeness (QED) is 0.782. The van der Waals surface area contributed by atoms with Gasteiger partial charge in [-0.3, -0.25) is 0 Å². The Hall–Kier alpha value is -1.44. The van der Waals surface area contributed by atoms with E-state index in [1.165, 1.54) is 0 Å². The summed E-state index contributed by atoms with van der Waals surface area (Å²) in [6.07, 6.45) is 0. The molecule has 0 aliphatic carbocycles. The molecule has 76 valence electrons. The van der Waals surface area contributed by atoms with Crippen molar-refractivity contribution in [3.05, 3.63) is 27.5 Å². The normalized spacial score (nSPS) is 10.5. The van der Waals surface area contributed by atoms with Crippen molar-refractivity contribution in [1.82, 2.24) is 10.2 Å². The molecule has 1 aromatic heterocycles. The van der Waals surface area contributed by atoms with Crippen LogP contribution in [0.25, 0.3) is 10.9 Å². The lowest BCUT2D eigenvalue weighted by Crippen LogP contribution is -2.02. The van der Waals surface area contributed by atoms with E-state index in [1.54, 1.807) is 18.2 Å². The van der Waals surface area contributed by atoms with Gasteiger partial charge in [0.05, 0.1) is 5.52 Å². The van der Waals surface area contributed by atoms with Crippen LogP contribution in [-0.2, 0) is 0 Å². The lowest BCUT2D eigenvalue weighted by Gasteiger charge is -2.02. The number of carboxylic acid groups (broad SMARTS) is 1. The van der Waals surface area contributed by atoms with Gasteiger partial charge in [-0.25, -0.2) is 4.79 Å². The number of benzene rings is 1. The van der Waals surface area contributed by atoms with E-state index in [0.29, 0.717) is 10.9 Å². The van der Waals surface area contributed by atoms with Gasteiger partial charge < -0.3 is 10.2 Å². The van der Waals surface area contributed by atoms with Gasteiger partial charge in [-0.05, 0) is 40.8 Å². The number of hydrogen-bond donors (Lipinski definition) is 2. The molecule has 6 heteroatoms. The number of nitrogens with zero attached hydrogens (tertiary/aromatic N) is 2. The van der Waals surface area contributed by atoms with E-state index in [2.05, 4.69) is 32.8 Å². The molecule has 0 fully saturated rings. The van der Waals surface area contributed by atoms with E-state index >= 15 is 0 Å². The zero-order valence-electron chi connectivity index (χ0n) is 7.31. The average Bonchev–Trinajstić information content (AvgIpc) is 2.17. The summed E-state index contributed by atoms with van der Waals surface area (Å²) < 4.78 is 0.942. The number of aromatic nitrogens is 2. The summed E-state index contributed by atoms with van der Waals surface area (Å²) in [5, 5.41) is 25.9. The van der Waals surface area contributed by atoms with Gasteiger partial charge in [0.1, 0.15) is 0 Å². The molecular formula is C9H5IN2O3. The second-order valence-corrected chi connectivity index (χ2v) is 4.11. The molecule has 5 nitrogen and oxygen atoms in total. The molecule has 0 unspecified atom stereocenters. The lowest BCUT2D eigenvalue weighted by atomic mass is 10.2. The van der Waals surface area contributed by atoms with E-state index in [9.17, 15) is 9.90 Å². The minimum Gasteiger partial charge on any atom is -0.505 e. The molecule has 2 N–H and O–H groups in total. The van der Waals surface area contributed by atoms with E-state index in [4.69, 9.17) is 5.11 Å². The van der Waals surface area contributed by atoms with Gasteiger partial charge in [0.25, 0.3) is 0 Å². The molecule has 1 heterocycles. The fourth-order valence-electron chi connectivity index (χ4n) is 1.21. The molecule has 0 atom stereocenters. The first kappa shape index (κ1) is 10.1. The smallest absolute Gasteiger partial charge is 0.360 e. The highest BCUT2D eigenvalue weighted by atomic mass is 127. The number of halogens is 1. The molecule has 0 saturated carbocycles. The monoisotopic (exact) mass is 316 g/mol. The third-order valence-corrected chi connectivity index (χ3v) is 2.57. The summed E-state index contributed by atoms with van der Waals surface area (Å²) in [4.78, 5) is 10.7. The van der Waals surface area contributed by atoms with Crippen LogP contribution in [0.2, 0.25) is 0 Å². The predicted octanol–water partition coefficient (Wildman–Crippen LogP) is 1.64. The summed E-state index contributed by atoms with van der Waals surface area (Å²) in [7, 11) is 0. The molecule has 15 heavy (non-hydrogen) atoms. The molecule has 0 amide bonds. The number of hydrogen-bond acceptors (Lipinski definition) is 4. The first-order chi connectivity index (χ1) is 7.09. The van der Waals surface area contributed by atoms with E-state index in [-0.39, 0.29) is 5.75 Å². The van der Waals surface area contributed by atoms with E-state index < -0.39 is 11.7 Å². The number of carboxylic acids is 1. The van der Waals surface area contributed by atoms with Gasteiger partial charge >= 0.3 is 5.97 Å². The van der Waals surface area contributed by atoms with Crippen molar-refractivity contribution in [2.75, 3.05) is 0 Å². The number of carbonyl (C=O) groups is 1. The van der Waals surface area contributed by atoms with Crippen molar-refractivity contribution in [1.29, 1.82) is 0 Å². The Morgan fingerprint density at radius 1 is 1.33 bits per heavy atom. The maximum Gasteiger partial charge on any atom is 0.360 e. The van der Waals surface area contributed by atoms with Gasteiger partial charge in [-0.1, -0.05) is 0 Å². The van der Waals surface area contributed by atoms with E-state index in [1.807, 2.05) is 0 Å². The van der Waals surface area contributed by atoms with Crippen LogP contribution in [0.15, 0.2) is 18.2 Å². The van der Waals surface area contributed by atoms with Gasteiger partial charge in [0.15, 0.2) is 5.75 Å². The highest BCUT2D eigenvalue weighted by Crippen LogP contribution is 2.26. The Labute approximate surface area is 97.9 Å². The molecule has 1 aromatic carbocycles. The van der Waals surface area contributed by atoms with E-state index in [0.717, 1.165) is 3.57 Å². The van der Waals surface area contributed by atoms with Crippen molar-refractivity contribution < 1.29 is 15.0 Å². The minimum atomic E-state index is -1.29. The van der Waals surface area contributed by atoms with Gasteiger partial charge in [-0.15, -0.1) is 10.2 Å². The highest BCUT2D eigenvalue weighted by Gasteiger charge is 2.15. The molecule has 2 aromatic rings. The maximum atomic E-state index is 10.7. The molecule has 0 spiro atoms. The fraction of sp³-hybridized carbons (Fsp3) is 0. The Morgan fingerprint density at radius 2 is 2.07 bits per heavy atom. The van der Waals surface area contributed by atoms with Gasteiger partial charge in [0.2, 0.25) is 5.69 Å². The van der Waals surface area contributed by atoms with Crippen molar-refractivity contribution >= 4 is 39.5 Å². The summed E-state index contributed by atoms with van der Waals surface area (Å²) in [5.41, 5.74) is 0.0492. The van der Waals surface area contributed by atoms with Crippen LogP contribution in [0.4, 0.5) is 0 Å². The molecule has 0 saturated heterocycles. The third-order valence-electron chi connectivity index (χ3n) is 1.90. The molecule has 0 aliphatic heterocycles. The first-order valence-electron chi connectivity index (χ1n) is 3.98. The fourth-order valence-corrected chi connectivity index (χ4v) is 1.69. The summed E-state index contributed by atoms with van der Waals surface area (Å²) >= 11 is 2.10. The number of fused-ring (bicyclic) bond motifs is 1. The number of aromatic carboxylic acids is 1. The lowest BCUT2D eigenvalue weighted by molar-refractivity contribution is 0.0686. The van der Waals surface area contributed by atoms with Crippen LogP contribution in [0.3, 0.4) is 0 Å². The van der Waals surface area contributed by atoms with Crippen molar-refractivity contribution in [2.45, 2.75) is 0 Å². The standard InChI is InChI=1S/C9H5IN2O3/c10-4-1-2-5-6(3-4)11-12-7(8(5)13)9(14)15/h1-3H,(H,11,13)(H,14,15). The molecule has 2 rings (SSSR count). The minimum absolute atomic E-state index is 0.344. The topological polar surface area (TPSA) is 83.3 Å². The van der Waals surface area contributed by atoms with Crippen LogP contribution in [-0.4, -0.2) is 26.4 Å². The zero-order chi connectivity index (χ0) is 11.0. The molecule has 0 aliphatic rings. The Morgan fingerprint density at radius 3 is 2.73 bits per heavy atom. The second kappa shape index (κ2) is 3.61. The van der Waals surface area contributed by atoms with Crippen LogP contribution < -0.4 is 0 Å². The summed E-state index contributed by atoms with van der Waals surface area (Å²) in [6.45, 7) is 0. The van der Waals surface area contributed by atoms with Crippen LogP contribution in [0.5, 0.6) is 5.75 Å². The Bertz CT molecular complexity index is 556. The summed E-state index contributed by atoms with van der Waals surface area (Å²) in [5.74, 6) is -1.63. The number of aromatic hydroxyl groups is 1. The van der Waals surface area contributed by atoms with Crippen LogP contribution in [0.1, 0.15) is 10.5 Å². The zero-order valence-corrected chi connectivity index (χ0v) is 9.46. The molecular weight excluding hydrogens is 311 g/mol. The Balaban J connectivity index is 2.80. The second-order valence-electron chi connectivity index (χ2n) is 2.86. The van der Waals surface area contributed by atoms with Crippen molar-refractivity contribution in [2.24, 2.45) is 0 Å². The average molecular weight is 316 g/mol. The summed E-state index contributed by atoms with van der Waals surface area (Å²) in [6, 6.07) is 5.09. The first-order valence-corrected chi connectivity index (χ1v) is 5.05. The van der Waals surface area contributed by atoms with Crippen LogP contribution >= 0.6 is 22.6 Å². The van der Waals surface area contributed by atoms with Crippen molar-refractivity contribution in [3.8, 4) is 5.75 Å². The SMILES string of the molecule is O=C(O)c1nnc2cc(I)ccc2c1O. The van der Waals surface area contributed by atoms with Gasteiger partial charge in [-0.2, -0.15) is 0 Å². The molecule has 0 radical (unpaired) electrons. The largest absolute Gasteiger partial charge is 0.505 e. The molecule has 0 bridgehead atoms. The predicted molar refractivity (Wildman–Crippen MR) is 60.9 cm³/mol. The van der Waals surface area contributed by atoms with Crippen molar-refractivity contribution in [3.63, 3.8) is 0 Å². The maximum absolute atomic E-state index is 10.7. The third kappa shape index (κ3) is 1.72. The van der Waals surface area contributed by atoms with Crippen LogP contribution in [0, 0.1) is 3.57 Å². The Kier molecular flexibility index (Phi) is 2.43. The highest BCUT2D eigenvalue weighted by molar-refractivity contribution is 14.1. The van der Waals surface area contributed by atoms with Gasteiger partial charge in [0, 0.05) is 8.96 Å².